The Bertz CT molecular complexity index is 622. The van der Waals surface area contributed by atoms with E-state index in [1.807, 2.05) is 11.8 Å². The van der Waals surface area contributed by atoms with E-state index >= 15 is 0 Å². The first-order valence-electron chi connectivity index (χ1n) is 6.21. The molecule has 0 aliphatic carbocycles. The molecule has 0 spiro atoms. The Labute approximate surface area is 117 Å². The van der Waals surface area contributed by atoms with Crippen LogP contribution in [0.5, 0.6) is 0 Å². The van der Waals surface area contributed by atoms with E-state index in [0.29, 0.717) is 17.9 Å². The molecule has 1 aliphatic rings. The summed E-state index contributed by atoms with van der Waals surface area (Å²) in [5.41, 5.74) is 0.688. The molecule has 1 aromatic heterocycles. The highest BCUT2D eigenvalue weighted by atomic mass is 32.2. The number of aliphatic carboxylic acids is 1. The molecule has 1 aliphatic heterocycles. The fraction of sp³-hybridized carbons (Fsp3) is 0.385. The fourth-order valence-corrected chi connectivity index (χ4v) is 3.73. The molecular weight excluding hydrogens is 280 g/mol. The molecule has 1 unspecified atom stereocenters. The van der Waals surface area contributed by atoms with Crippen molar-refractivity contribution in [2.45, 2.75) is 13.0 Å². The monoisotopic (exact) mass is 296 g/mol. The van der Waals surface area contributed by atoms with Crippen molar-refractivity contribution in [3.8, 4) is 0 Å². The summed E-state index contributed by atoms with van der Waals surface area (Å²) in [6.45, 7) is 2.29. The van der Waals surface area contributed by atoms with Crippen LogP contribution >= 0.6 is 0 Å². The number of rotatable bonds is 3. The summed E-state index contributed by atoms with van der Waals surface area (Å²) in [6.07, 6.45) is 4.08. The van der Waals surface area contributed by atoms with Crippen LogP contribution in [0.25, 0.3) is 6.08 Å². The lowest BCUT2D eigenvalue weighted by Crippen LogP contribution is -2.47. The minimum absolute atomic E-state index is 0.110. The number of carbonyl (C=O) groups is 1. The largest absolute Gasteiger partial charge is 0.478 e. The van der Waals surface area contributed by atoms with Crippen LogP contribution in [0.1, 0.15) is 12.5 Å². The fourth-order valence-electron chi connectivity index (χ4n) is 2.17. The predicted molar refractivity (Wildman–Crippen MR) is 76.4 cm³/mol. The zero-order valence-corrected chi connectivity index (χ0v) is 11.9. The average molecular weight is 296 g/mol. The van der Waals surface area contributed by atoms with Crippen molar-refractivity contribution in [1.82, 2.24) is 4.98 Å². The molecule has 1 atom stereocenters. The quantitative estimate of drug-likeness (QED) is 0.830. The summed E-state index contributed by atoms with van der Waals surface area (Å²) in [5.74, 6) is -0.0292. The Hall–Kier alpha value is -1.89. The van der Waals surface area contributed by atoms with Crippen molar-refractivity contribution in [3.05, 3.63) is 30.0 Å². The average Bonchev–Trinajstić information content (AvgIpc) is 2.36. The van der Waals surface area contributed by atoms with Crippen LogP contribution in [0.15, 0.2) is 24.4 Å². The van der Waals surface area contributed by atoms with Gasteiger partial charge in [0.1, 0.15) is 5.82 Å². The van der Waals surface area contributed by atoms with E-state index in [9.17, 15) is 13.2 Å². The molecule has 1 N–H and O–H groups in total. The molecule has 6 nitrogen and oxygen atoms in total. The van der Waals surface area contributed by atoms with Crippen molar-refractivity contribution < 1.29 is 18.3 Å². The number of hydrogen-bond acceptors (Lipinski definition) is 5. The van der Waals surface area contributed by atoms with Gasteiger partial charge in [0.25, 0.3) is 0 Å². The van der Waals surface area contributed by atoms with Crippen LogP contribution in [0.3, 0.4) is 0 Å². The van der Waals surface area contributed by atoms with Gasteiger partial charge in [-0.1, -0.05) is 0 Å². The maximum absolute atomic E-state index is 11.5. The van der Waals surface area contributed by atoms with E-state index in [1.54, 1.807) is 18.3 Å². The van der Waals surface area contributed by atoms with Gasteiger partial charge in [0.05, 0.1) is 11.5 Å². The second kappa shape index (κ2) is 5.62. The number of sulfone groups is 1. The van der Waals surface area contributed by atoms with Crippen molar-refractivity contribution in [1.29, 1.82) is 0 Å². The summed E-state index contributed by atoms with van der Waals surface area (Å²) < 4.78 is 23.1. The first kappa shape index (κ1) is 14.5. The highest BCUT2D eigenvalue weighted by Crippen LogP contribution is 2.19. The van der Waals surface area contributed by atoms with Gasteiger partial charge in [-0.05, 0) is 30.7 Å². The van der Waals surface area contributed by atoms with Crippen LogP contribution in [0.4, 0.5) is 5.82 Å². The number of aromatic nitrogens is 1. The van der Waals surface area contributed by atoms with E-state index in [4.69, 9.17) is 5.11 Å². The standard InChI is InChI=1S/C13H16N2O4S/c1-10-9-20(18,19)7-6-15(10)12-4-2-11(8-14-12)3-5-13(16)17/h2-5,8,10H,6-7,9H2,1H3,(H,16,17)/b5-3+. The lowest BCUT2D eigenvalue weighted by Gasteiger charge is -2.34. The summed E-state index contributed by atoms with van der Waals surface area (Å²) in [5, 5.41) is 8.54. The van der Waals surface area contributed by atoms with Crippen LogP contribution in [-0.4, -0.2) is 48.6 Å². The van der Waals surface area contributed by atoms with Crippen LogP contribution in [-0.2, 0) is 14.6 Å². The lowest BCUT2D eigenvalue weighted by atomic mass is 10.2. The summed E-state index contributed by atoms with van der Waals surface area (Å²) >= 11 is 0. The van der Waals surface area contributed by atoms with Gasteiger partial charge in [0.2, 0.25) is 0 Å². The third kappa shape index (κ3) is 3.57. The molecule has 7 heteroatoms. The molecule has 108 valence electrons. The molecule has 0 saturated carbocycles. The van der Waals surface area contributed by atoms with E-state index in [1.165, 1.54) is 6.08 Å². The maximum Gasteiger partial charge on any atom is 0.328 e. The van der Waals surface area contributed by atoms with Gasteiger partial charge in [-0.3, -0.25) is 0 Å². The molecule has 1 saturated heterocycles. The van der Waals surface area contributed by atoms with Crippen molar-refractivity contribution in [2.24, 2.45) is 0 Å². The smallest absolute Gasteiger partial charge is 0.328 e. The number of anilines is 1. The number of pyridine rings is 1. The van der Waals surface area contributed by atoms with E-state index in [2.05, 4.69) is 4.98 Å². The Morgan fingerprint density at radius 3 is 2.80 bits per heavy atom. The summed E-state index contributed by atoms with van der Waals surface area (Å²) in [4.78, 5) is 16.6. The van der Waals surface area contributed by atoms with Crippen LogP contribution in [0, 0.1) is 0 Å². The second-order valence-corrected chi connectivity index (χ2v) is 7.01. The van der Waals surface area contributed by atoms with Gasteiger partial charge in [-0.2, -0.15) is 0 Å². The molecule has 0 radical (unpaired) electrons. The molecule has 1 aromatic rings. The number of carboxylic acid groups (broad SMARTS) is 1. The van der Waals surface area contributed by atoms with Crippen LogP contribution in [0.2, 0.25) is 0 Å². The Balaban J connectivity index is 2.12. The van der Waals surface area contributed by atoms with E-state index < -0.39 is 15.8 Å². The molecule has 2 heterocycles. The van der Waals surface area contributed by atoms with E-state index in [0.717, 1.165) is 6.08 Å². The van der Waals surface area contributed by atoms with Gasteiger partial charge in [-0.25, -0.2) is 18.2 Å². The highest BCUT2D eigenvalue weighted by molar-refractivity contribution is 7.91. The topological polar surface area (TPSA) is 87.6 Å². The van der Waals surface area contributed by atoms with Crippen molar-refractivity contribution in [3.63, 3.8) is 0 Å². The highest BCUT2D eigenvalue weighted by Gasteiger charge is 2.28. The maximum atomic E-state index is 11.5. The molecule has 0 aromatic carbocycles. The van der Waals surface area contributed by atoms with Crippen molar-refractivity contribution in [2.75, 3.05) is 23.0 Å². The molecule has 0 bridgehead atoms. The lowest BCUT2D eigenvalue weighted by molar-refractivity contribution is -0.131. The van der Waals surface area contributed by atoms with Gasteiger partial charge in [0.15, 0.2) is 9.84 Å². The third-order valence-electron chi connectivity index (χ3n) is 3.15. The number of hydrogen-bond donors (Lipinski definition) is 1. The minimum atomic E-state index is -2.95. The normalized spacial score (nSPS) is 22.1. The molecular formula is C13H16N2O4S. The summed E-state index contributed by atoms with van der Waals surface area (Å²) in [6, 6.07) is 3.43. The number of carboxylic acids is 1. The number of nitrogens with zero attached hydrogens (tertiary/aromatic N) is 2. The zero-order chi connectivity index (χ0) is 14.8. The Kier molecular flexibility index (Phi) is 4.08. The predicted octanol–water partition coefficient (Wildman–Crippen LogP) is 0.803. The molecule has 20 heavy (non-hydrogen) atoms. The zero-order valence-electron chi connectivity index (χ0n) is 11.1. The minimum Gasteiger partial charge on any atom is -0.478 e. The Morgan fingerprint density at radius 2 is 2.25 bits per heavy atom. The SMILES string of the molecule is CC1CS(=O)(=O)CCN1c1ccc(/C=C/C(=O)O)cn1. The van der Waals surface area contributed by atoms with Gasteiger partial charge >= 0.3 is 5.97 Å². The van der Waals surface area contributed by atoms with Gasteiger partial charge in [-0.15, -0.1) is 0 Å². The van der Waals surface area contributed by atoms with Crippen LogP contribution < -0.4 is 4.90 Å². The van der Waals surface area contributed by atoms with Gasteiger partial charge < -0.3 is 10.0 Å². The first-order chi connectivity index (χ1) is 9.37. The van der Waals surface area contributed by atoms with Gasteiger partial charge in [0, 0.05) is 24.9 Å². The molecule has 1 fully saturated rings. The summed E-state index contributed by atoms with van der Waals surface area (Å²) in [7, 11) is -2.95. The van der Waals surface area contributed by atoms with E-state index in [-0.39, 0.29) is 17.5 Å². The second-order valence-electron chi connectivity index (χ2n) is 4.78. The Morgan fingerprint density at radius 1 is 1.50 bits per heavy atom. The van der Waals surface area contributed by atoms with Crippen molar-refractivity contribution >= 4 is 27.7 Å². The third-order valence-corrected chi connectivity index (χ3v) is 4.95. The molecule has 2 rings (SSSR count). The molecule has 0 amide bonds. The first-order valence-corrected chi connectivity index (χ1v) is 8.04.